The van der Waals surface area contributed by atoms with Gasteiger partial charge < -0.3 is 19.5 Å². The van der Waals surface area contributed by atoms with Crippen molar-refractivity contribution in [3.05, 3.63) is 46.2 Å². The molecule has 0 saturated carbocycles. The molecule has 0 radical (unpaired) electrons. The van der Waals surface area contributed by atoms with Crippen LogP contribution in [0.5, 0.6) is 11.8 Å². The molecule has 9 nitrogen and oxygen atoms in total. The summed E-state index contributed by atoms with van der Waals surface area (Å²) in [6.07, 6.45) is 11.8. The van der Waals surface area contributed by atoms with Crippen LogP contribution in [0.3, 0.4) is 0 Å². The Kier molecular flexibility index (Phi) is 8.25. The van der Waals surface area contributed by atoms with Gasteiger partial charge in [0.1, 0.15) is 18.2 Å². The zero-order chi connectivity index (χ0) is 31.1. The van der Waals surface area contributed by atoms with E-state index in [0.717, 1.165) is 110 Å². The summed E-state index contributed by atoms with van der Waals surface area (Å²) in [5, 5.41) is 10.8. The maximum atomic E-state index is 13.4. The van der Waals surface area contributed by atoms with Gasteiger partial charge in [0, 0.05) is 48.9 Å². The molecule has 5 aliphatic rings. The smallest absolute Gasteiger partial charge is 0.319 e. The van der Waals surface area contributed by atoms with Crippen LogP contribution in [0.4, 0.5) is 5.82 Å². The number of aromatic hydroxyl groups is 1. The molecule has 0 unspecified atom stereocenters. The summed E-state index contributed by atoms with van der Waals surface area (Å²) in [5.74, 6) is 1.10. The van der Waals surface area contributed by atoms with E-state index < -0.39 is 0 Å². The lowest BCUT2D eigenvalue weighted by Gasteiger charge is -2.32. The first-order valence-electron chi connectivity index (χ1n) is 16.9. The van der Waals surface area contributed by atoms with Crippen LogP contribution in [0.15, 0.2) is 23.2 Å². The van der Waals surface area contributed by atoms with Gasteiger partial charge in [0.2, 0.25) is 0 Å². The summed E-state index contributed by atoms with van der Waals surface area (Å²) in [6.45, 7) is 11.9. The number of hydrogen-bond donors (Lipinski definition) is 1. The first-order chi connectivity index (χ1) is 21.9. The number of nitrogens with zero attached hydrogens (tertiary/aromatic N) is 5. The predicted octanol–water partition coefficient (Wildman–Crippen LogP) is 5.74. The molecule has 0 bridgehead atoms. The van der Waals surface area contributed by atoms with E-state index in [4.69, 9.17) is 24.4 Å². The van der Waals surface area contributed by atoms with Gasteiger partial charge >= 0.3 is 6.01 Å². The number of carbonyl (C=O) groups excluding carboxylic acids is 1. The molecule has 2 aliphatic carbocycles. The predicted molar refractivity (Wildman–Crippen MR) is 177 cm³/mol. The maximum absolute atomic E-state index is 13.4. The molecule has 3 fully saturated rings. The molecule has 1 N–H and O–H groups in total. The van der Waals surface area contributed by atoms with Crippen molar-refractivity contribution in [2.45, 2.75) is 83.7 Å². The number of carbonyl (C=O) groups is 1. The first-order valence-corrected chi connectivity index (χ1v) is 16.9. The number of aliphatic imine (C=N–C) groups is 1. The molecule has 0 atom stereocenters. The summed E-state index contributed by atoms with van der Waals surface area (Å²) < 4.78 is 12.4. The SMILES string of the molecule is C/C=C1\C(=NC(C)C)C(c2cc(O)cc3c2C(=O)CCC3)=Cc2nc(OCC34CCCN3CCC4)nc(N3CCCOCC3)c21. The minimum atomic E-state index is 0.00215. The van der Waals surface area contributed by atoms with Crippen LogP contribution in [-0.4, -0.2) is 89.0 Å². The monoisotopic (exact) mass is 611 g/mol. The highest BCUT2D eigenvalue weighted by Gasteiger charge is 2.45. The number of hydrogen-bond acceptors (Lipinski definition) is 9. The van der Waals surface area contributed by atoms with Crippen LogP contribution >= 0.6 is 0 Å². The molecule has 3 aliphatic heterocycles. The molecule has 4 heterocycles. The lowest BCUT2D eigenvalue weighted by Crippen LogP contribution is -2.43. The second kappa shape index (κ2) is 12.3. The van der Waals surface area contributed by atoms with E-state index >= 15 is 0 Å². The number of rotatable bonds is 6. The van der Waals surface area contributed by atoms with Gasteiger partial charge in [-0.3, -0.25) is 14.7 Å². The van der Waals surface area contributed by atoms with Crippen molar-refractivity contribution in [1.82, 2.24) is 14.9 Å². The van der Waals surface area contributed by atoms with Crippen molar-refractivity contribution in [3.8, 4) is 11.8 Å². The highest BCUT2D eigenvalue weighted by molar-refractivity contribution is 6.50. The van der Waals surface area contributed by atoms with Gasteiger partial charge in [-0.25, -0.2) is 0 Å². The fraction of sp³-hybridized carbons (Fsp3) is 0.556. The lowest BCUT2D eigenvalue weighted by molar-refractivity contribution is 0.0972. The fourth-order valence-electron chi connectivity index (χ4n) is 8.06. The molecule has 3 saturated heterocycles. The van der Waals surface area contributed by atoms with E-state index in [9.17, 15) is 9.90 Å². The van der Waals surface area contributed by atoms with Crippen LogP contribution in [0, 0.1) is 0 Å². The molecule has 7 rings (SSSR count). The molecule has 0 spiro atoms. The first kappa shape index (κ1) is 30.1. The fourth-order valence-corrected chi connectivity index (χ4v) is 8.06. The van der Waals surface area contributed by atoms with Crippen molar-refractivity contribution >= 4 is 34.5 Å². The number of Topliss-reactive ketones (excluding diaryl/α,β-unsaturated/α-hetero) is 1. The number of phenolic OH excluding ortho intramolecular Hbond substituents is 1. The van der Waals surface area contributed by atoms with Crippen molar-refractivity contribution in [1.29, 1.82) is 0 Å². The zero-order valence-electron chi connectivity index (χ0n) is 26.9. The molecule has 2 aromatic rings. The molecule has 45 heavy (non-hydrogen) atoms. The van der Waals surface area contributed by atoms with Crippen LogP contribution in [-0.2, 0) is 11.2 Å². The Balaban J connectivity index is 1.41. The number of ketones is 1. The van der Waals surface area contributed by atoms with Crippen molar-refractivity contribution in [3.63, 3.8) is 0 Å². The van der Waals surface area contributed by atoms with Gasteiger partial charge in [-0.1, -0.05) is 6.08 Å². The number of anilines is 1. The zero-order valence-corrected chi connectivity index (χ0v) is 26.9. The molecular weight excluding hydrogens is 566 g/mol. The van der Waals surface area contributed by atoms with Gasteiger partial charge in [-0.15, -0.1) is 0 Å². The summed E-state index contributed by atoms with van der Waals surface area (Å²) in [4.78, 5) is 33.6. The van der Waals surface area contributed by atoms with E-state index in [2.05, 4.69) is 29.7 Å². The van der Waals surface area contributed by atoms with Crippen LogP contribution < -0.4 is 9.64 Å². The average Bonchev–Trinajstić information content (AvgIpc) is 3.48. The Morgan fingerprint density at radius 3 is 2.64 bits per heavy atom. The molecular formula is C36H45N5O4. The largest absolute Gasteiger partial charge is 0.508 e. The Morgan fingerprint density at radius 2 is 1.87 bits per heavy atom. The molecule has 238 valence electrons. The highest BCUT2D eigenvalue weighted by Crippen LogP contribution is 2.44. The Hall–Kier alpha value is -3.56. The normalized spacial score (nSPS) is 23.2. The van der Waals surface area contributed by atoms with Gasteiger partial charge in [-0.2, -0.15) is 9.97 Å². The molecule has 0 amide bonds. The lowest BCUT2D eigenvalue weighted by atomic mass is 9.79. The summed E-state index contributed by atoms with van der Waals surface area (Å²) in [7, 11) is 0. The summed E-state index contributed by atoms with van der Waals surface area (Å²) in [5.41, 5.74) is 6.58. The van der Waals surface area contributed by atoms with E-state index in [1.807, 2.05) is 13.0 Å². The van der Waals surface area contributed by atoms with Gasteiger partial charge in [0.25, 0.3) is 0 Å². The van der Waals surface area contributed by atoms with Crippen molar-refractivity contribution in [2.24, 2.45) is 4.99 Å². The van der Waals surface area contributed by atoms with Gasteiger partial charge in [0.15, 0.2) is 5.78 Å². The van der Waals surface area contributed by atoms with E-state index in [0.29, 0.717) is 31.2 Å². The van der Waals surface area contributed by atoms with Crippen LogP contribution in [0.25, 0.3) is 17.2 Å². The number of allylic oxidation sites excluding steroid dienone is 3. The maximum Gasteiger partial charge on any atom is 0.319 e. The number of fused-ring (bicyclic) bond motifs is 3. The Bertz CT molecular complexity index is 1570. The number of phenols is 1. The standard InChI is InChI=1S/C36H45N5O4/c1-4-26-32-29(21-28(33(26)37-23(2)3)27-20-25(42)19-24-9-5-10-30(43)31(24)27)38-35(39-34(32)40-13-8-17-44-18-16-40)45-22-36-11-6-14-41(36)15-7-12-36/h4,19-21,23,42H,5-18,22H2,1-3H3/b26-4-,37-33?. The number of aromatic nitrogens is 2. The third-order valence-electron chi connectivity index (χ3n) is 10.1. The van der Waals surface area contributed by atoms with Gasteiger partial charge in [0.05, 0.1) is 29.1 Å². The molecule has 9 heteroatoms. The molecule has 1 aromatic heterocycles. The highest BCUT2D eigenvalue weighted by atomic mass is 16.5. The van der Waals surface area contributed by atoms with E-state index in [1.165, 1.54) is 12.8 Å². The van der Waals surface area contributed by atoms with Crippen molar-refractivity contribution in [2.75, 3.05) is 50.9 Å². The second-order valence-electron chi connectivity index (χ2n) is 13.4. The second-order valence-corrected chi connectivity index (χ2v) is 13.4. The summed E-state index contributed by atoms with van der Waals surface area (Å²) in [6, 6.07) is 3.85. The number of aryl methyl sites for hydroxylation is 1. The topological polar surface area (TPSA) is 100 Å². The third-order valence-corrected chi connectivity index (χ3v) is 10.1. The minimum Gasteiger partial charge on any atom is -0.508 e. The quantitative estimate of drug-likeness (QED) is 0.441. The third kappa shape index (κ3) is 5.58. The molecule has 1 aromatic carbocycles. The average molecular weight is 612 g/mol. The number of ether oxygens (including phenoxy) is 2. The van der Waals surface area contributed by atoms with Gasteiger partial charge in [-0.05, 0) is 108 Å². The Labute approximate surface area is 266 Å². The van der Waals surface area contributed by atoms with Crippen LogP contribution in [0.1, 0.15) is 98.5 Å². The van der Waals surface area contributed by atoms with Crippen molar-refractivity contribution < 1.29 is 19.4 Å². The van der Waals surface area contributed by atoms with E-state index in [-0.39, 0.29) is 23.1 Å². The number of benzene rings is 1. The minimum absolute atomic E-state index is 0.00215. The summed E-state index contributed by atoms with van der Waals surface area (Å²) >= 11 is 0. The van der Waals surface area contributed by atoms with Crippen LogP contribution in [0.2, 0.25) is 0 Å². The van der Waals surface area contributed by atoms with E-state index in [1.54, 1.807) is 12.1 Å². The Morgan fingerprint density at radius 1 is 1.04 bits per heavy atom.